The number of rotatable bonds is 4. The minimum atomic E-state index is -0.0955. The van der Waals surface area contributed by atoms with Crippen LogP contribution in [-0.4, -0.2) is 4.57 Å². The second-order valence-corrected chi connectivity index (χ2v) is 17.4. The summed E-state index contributed by atoms with van der Waals surface area (Å²) in [7, 11) is 0. The maximum absolute atomic E-state index is 2.55. The van der Waals surface area contributed by atoms with Crippen molar-refractivity contribution >= 4 is 102 Å². The topological polar surface area (TPSA) is 8.17 Å². The molecule has 0 fully saturated rings. The molecule has 0 unspecified atom stereocenters. The van der Waals surface area contributed by atoms with Crippen LogP contribution in [0.2, 0.25) is 0 Å². The molecule has 2 nitrogen and oxygen atoms in total. The number of anilines is 3. The zero-order valence-electron chi connectivity index (χ0n) is 30.4. The summed E-state index contributed by atoms with van der Waals surface area (Å²) in [6.45, 7) is 4.72. The number of thiophene rings is 2. The Hall–Kier alpha value is -6.20. The van der Waals surface area contributed by atoms with Gasteiger partial charge < -0.3 is 9.47 Å². The second kappa shape index (κ2) is 11.4. The highest BCUT2D eigenvalue weighted by atomic mass is 32.1. The van der Waals surface area contributed by atoms with Crippen LogP contribution in [0.5, 0.6) is 0 Å². The Morgan fingerprint density at radius 1 is 0.455 bits per heavy atom. The zero-order valence-corrected chi connectivity index (χ0v) is 32.0. The van der Waals surface area contributed by atoms with Crippen molar-refractivity contribution in [3.63, 3.8) is 0 Å². The average molecular weight is 739 g/mol. The van der Waals surface area contributed by atoms with Gasteiger partial charge in [-0.15, -0.1) is 22.7 Å². The van der Waals surface area contributed by atoms with Crippen molar-refractivity contribution < 1.29 is 0 Å². The maximum Gasteiger partial charge on any atom is 0.0648 e. The summed E-state index contributed by atoms with van der Waals surface area (Å²) in [5.74, 6) is 0. The van der Waals surface area contributed by atoms with E-state index in [1.54, 1.807) is 0 Å². The van der Waals surface area contributed by atoms with Crippen LogP contribution in [-0.2, 0) is 5.41 Å². The molecule has 12 rings (SSSR count). The lowest BCUT2D eigenvalue weighted by atomic mass is 9.82. The Morgan fingerprint density at radius 2 is 1.04 bits per heavy atom. The van der Waals surface area contributed by atoms with Gasteiger partial charge in [0, 0.05) is 79.3 Å². The summed E-state index contributed by atoms with van der Waals surface area (Å²) in [6, 6.07) is 62.9. The molecule has 0 saturated carbocycles. The standard InChI is InChI=1S/C51H34N2S2/c1-51(2)40-23-10-6-19-35(40)36-28-27-34(30-41(36)51)52(31-15-4-3-5-16-31)32-17-14-18-33(29-32)53-42-24-11-7-20-37(42)45-48(53)46-38-21-8-12-25-43(38)54-50(46)47-39-22-9-13-26-44(39)55-49(45)47/h3-30H,1-2H3. The van der Waals surface area contributed by atoms with E-state index in [-0.39, 0.29) is 5.41 Å². The summed E-state index contributed by atoms with van der Waals surface area (Å²) in [5.41, 5.74) is 12.4. The SMILES string of the molecule is CC1(C)c2ccccc2-c2ccc(N(c3ccccc3)c3cccc(-n4c5ccccc5c5c6sc7ccccc7c6c6sc7ccccc7c6c54)c3)cc21. The van der Waals surface area contributed by atoms with Gasteiger partial charge in [0.2, 0.25) is 0 Å². The smallest absolute Gasteiger partial charge is 0.0648 e. The van der Waals surface area contributed by atoms with E-state index in [9.17, 15) is 0 Å². The van der Waals surface area contributed by atoms with Gasteiger partial charge in [-0.1, -0.05) is 123 Å². The first kappa shape index (κ1) is 31.2. The normalized spacial score (nSPS) is 13.4. The van der Waals surface area contributed by atoms with Gasteiger partial charge in [0.25, 0.3) is 0 Å². The van der Waals surface area contributed by atoms with Crippen LogP contribution in [0.25, 0.3) is 79.0 Å². The zero-order chi connectivity index (χ0) is 36.4. The Morgan fingerprint density at radius 3 is 1.82 bits per heavy atom. The van der Waals surface area contributed by atoms with Crippen molar-refractivity contribution in [1.82, 2.24) is 4.57 Å². The van der Waals surface area contributed by atoms with Gasteiger partial charge in [-0.25, -0.2) is 0 Å². The van der Waals surface area contributed by atoms with Gasteiger partial charge in [-0.2, -0.15) is 0 Å². The number of nitrogens with zero attached hydrogens (tertiary/aromatic N) is 2. The van der Waals surface area contributed by atoms with E-state index in [4.69, 9.17) is 0 Å². The third kappa shape index (κ3) is 4.29. The Labute approximate surface area is 326 Å². The highest BCUT2D eigenvalue weighted by Gasteiger charge is 2.36. The number of hydrogen-bond acceptors (Lipinski definition) is 3. The number of fused-ring (bicyclic) bond motifs is 15. The molecule has 0 radical (unpaired) electrons. The lowest BCUT2D eigenvalue weighted by Gasteiger charge is -2.28. The predicted molar refractivity (Wildman–Crippen MR) is 239 cm³/mol. The molecular formula is C51H34N2S2. The average Bonchev–Trinajstić information content (AvgIpc) is 3.96. The Balaban J connectivity index is 1.15. The van der Waals surface area contributed by atoms with Crippen LogP contribution in [0.4, 0.5) is 17.1 Å². The van der Waals surface area contributed by atoms with Gasteiger partial charge in [0.05, 0.1) is 11.0 Å². The molecule has 8 aromatic carbocycles. The van der Waals surface area contributed by atoms with Crippen LogP contribution >= 0.6 is 22.7 Å². The van der Waals surface area contributed by atoms with E-state index in [0.717, 1.165) is 22.7 Å². The first-order chi connectivity index (χ1) is 27.1. The Bertz CT molecular complexity index is 3330. The molecule has 0 N–H and O–H groups in total. The molecule has 1 aliphatic carbocycles. The minimum Gasteiger partial charge on any atom is -0.310 e. The van der Waals surface area contributed by atoms with Gasteiger partial charge in [-0.05, 0) is 82.9 Å². The third-order valence-electron chi connectivity index (χ3n) is 11.9. The lowest BCUT2D eigenvalue weighted by Crippen LogP contribution is -2.16. The molecule has 11 aromatic rings. The van der Waals surface area contributed by atoms with Crippen LogP contribution in [0, 0.1) is 0 Å². The molecule has 0 bridgehead atoms. The molecule has 3 aromatic heterocycles. The summed E-state index contributed by atoms with van der Waals surface area (Å²) in [6.07, 6.45) is 0. The first-order valence-electron chi connectivity index (χ1n) is 18.9. The summed E-state index contributed by atoms with van der Waals surface area (Å²) in [5, 5.41) is 8.02. The second-order valence-electron chi connectivity index (χ2n) is 15.3. The van der Waals surface area contributed by atoms with E-state index in [1.165, 1.54) is 84.4 Å². The summed E-state index contributed by atoms with van der Waals surface area (Å²) >= 11 is 3.86. The van der Waals surface area contributed by atoms with Gasteiger partial charge in [-0.3, -0.25) is 0 Å². The molecule has 1 aliphatic rings. The summed E-state index contributed by atoms with van der Waals surface area (Å²) in [4.78, 5) is 2.43. The minimum absolute atomic E-state index is 0.0955. The van der Waals surface area contributed by atoms with E-state index in [1.807, 2.05) is 22.7 Å². The highest BCUT2D eigenvalue weighted by Crippen LogP contribution is 2.53. The van der Waals surface area contributed by atoms with Gasteiger partial charge >= 0.3 is 0 Å². The van der Waals surface area contributed by atoms with E-state index < -0.39 is 0 Å². The summed E-state index contributed by atoms with van der Waals surface area (Å²) < 4.78 is 7.94. The molecule has 0 spiro atoms. The van der Waals surface area contributed by atoms with Crippen LogP contribution in [0.1, 0.15) is 25.0 Å². The largest absolute Gasteiger partial charge is 0.310 e. The molecule has 55 heavy (non-hydrogen) atoms. The molecule has 3 heterocycles. The maximum atomic E-state index is 2.55. The van der Waals surface area contributed by atoms with Crippen molar-refractivity contribution in [2.24, 2.45) is 0 Å². The number of benzene rings is 8. The molecule has 260 valence electrons. The molecule has 0 saturated heterocycles. The molecule has 4 heteroatoms. The fourth-order valence-corrected chi connectivity index (χ4v) is 12.1. The fourth-order valence-electron chi connectivity index (χ4n) is 9.51. The van der Waals surface area contributed by atoms with Crippen molar-refractivity contribution in [2.75, 3.05) is 4.90 Å². The van der Waals surface area contributed by atoms with Crippen LogP contribution in [0.15, 0.2) is 170 Å². The third-order valence-corrected chi connectivity index (χ3v) is 14.3. The van der Waals surface area contributed by atoms with Gasteiger partial charge in [0.1, 0.15) is 0 Å². The number of hydrogen-bond donors (Lipinski definition) is 0. The van der Waals surface area contributed by atoms with Crippen LogP contribution in [0.3, 0.4) is 0 Å². The lowest BCUT2D eigenvalue weighted by molar-refractivity contribution is 0.660. The van der Waals surface area contributed by atoms with Crippen LogP contribution < -0.4 is 4.90 Å². The van der Waals surface area contributed by atoms with Crippen molar-refractivity contribution in [2.45, 2.75) is 19.3 Å². The quantitative estimate of drug-likeness (QED) is 0.175. The van der Waals surface area contributed by atoms with Crippen molar-refractivity contribution in [3.8, 4) is 16.8 Å². The highest BCUT2D eigenvalue weighted by molar-refractivity contribution is 7.30. The fraction of sp³-hybridized carbons (Fsp3) is 0.0588. The molecule has 0 atom stereocenters. The molecule has 0 aliphatic heterocycles. The first-order valence-corrected chi connectivity index (χ1v) is 20.6. The van der Waals surface area contributed by atoms with Gasteiger partial charge in [0.15, 0.2) is 0 Å². The monoisotopic (exact) mass is 738 g/mol. The van der Waals surface area contributed by atoms with Crippen molar-refractivity contribution in [1.29, 1.82) is 0 Å². The Kier molecular flexibility index (Phi) is 6.47. The molecule has 0 amide bonds. The molecular weight excluding hydrogens is 705 g/mol. The van der Waals surface area contributed by atoms with E-state index in [0.29, 0.717) is 0 Å². The number of para-hydroxylation sites is 2. The van der Waals surface area contributed by atoms with E-state index in [2.05, 4.69) is 193 Å². The van der Waals surface area contributed by atoms with E-state index >= 15 is 0 Å². The number of aromatic nitrogens is 1. The van der Waals surface area contributed by atoms with Crippen molar-refractivity contribution in [3.05, 3.63) is 181 Å². The predicted octanol–water partition coefficient (Wildman–Crippen LogP) is 15.3.